The number of benzene rings is 1. The van der Waals surface area contributed by atoms with E-state index in [9.17, 15) is 0 Å². The molecule has 1 N–H and O–H groups in total. The largest absolute Gasteiger partial charge is 0.486 e. The molecule has 3 aliphatic rings. The van der Waals surface area contributed by atoms with Crippen molar-refractivity contribution >= 4 is 0 Å². The third-order valence-electron chi connectivity index (χ3n) is 4.57. The third-order valence-corrected chi connectivity index (χ3v) is 4.57. The molecule has 2 aliphatic heterocycles. The first-order valence-electron chi connectivity index (χ1n) is 8.34. The van der Waals surface area contributed by atoms with Crippen molar-refractivity contribution in [1.29, 1.82) is 0 Å². The summed E-state index contributed by atoms with van der Waals surface area (Å²) < 4.78 is 17.2. The van der Waals surface area contributed by atoms with Gasteiger partial charge >= 0.3 is 0 Å². The average Bonchev–Trinajstić information content (AvgIpc) is 3.40. The Morgan fingerprint density at radius 3 is 2.95 bits per heavy atom. The van der Waals surface area contributed by atoms with Gasteiger partial charge in [0.25, 0.3) is 0 Å². The van der Waals surface area contributed by atoms with E-state index in [2.05, 4.69) is 16.3 Å². The Kier molecular flexibility index (Phi) is 4.19. The Balaban J connectivity index is 1.29. The van der Waals surface area contributed by atoms with Crippen LogP contribution in [0.15, 0.2) is 18.2 Å². The number of hydrogen-bond acceptors (Lipinski definition) is 5. The SMILES string of the molecule is c1cc(CNCC2CN(C3CC3)CCO2)c2c(c1)OCCO2. The van der Waals surface area contributed by atoms with E-state index >= 15 is 0 Å². The zero-order valence-electron chi connectivity index (χ0n) is 12.9. The fourth-order valence-electron chi connectivity index (χ4n) is 3.28. The van der Waals surface area contributed by atoms with Crippen LogP contribution in [-0.2, 0) is 11.3 Å². The summed E-state index contributed by atoms with van der Waals surface area (Å²) in [6.45, 7) is 5.95. The molecule has 1 aromatic carbocycles. The Labute approximate surface area is 131 Å². The van der Waals surface area contributed by atoms with Gasteiger partial charge in [0.1, 0.15) is 13.2 Å². The molecule has 1 aliphatic carbocycles. The minimum absolute atomic E-state index is 0.297. The maximum absolute atomic E-state index is 5.88. The molecule has 0 bridgehead atoms. The van der Waals surface area contributed by atoms with Gasteiger partial charge in [-0.25, -0.2) is 0 Å². The Morgan fingerprint density at radius 1 is 1.14 bits per heavy atom. The van der Waals surface area contributed by atoms with Gasteiger partial charge in [-0.15, -0.1) is 0 Å². The monoisotopic (exact) mass is 304 g/mol. The molecule has 5 heteroatoms. The van der Waals surface area contributed by atoms with Gasteiger partial charge in [0.05, 0.1) is 12.7 Å². The molecule has 4 rings (SSSR count). The topological polar surface area (TPSA) is 43.0 Å². The van der Waals surface area contributed by atoms with Crippen molar-refractivity contribution < 1.29 is 14.2 Å². The first-order chi connectivity index (χ1) is 10.9. The van der Waals surface area contributed by atoms with Gasteiger partial charge in [0, 0.05) is 37.8 Å². The molecule has 1 saturated carbocycles. The zero-order chi connectivity index (χ0) is 14.8. The van der Waals surface area contributed by atoms with E-state index < -0.39 is 0 Å². The summed E-state index contributed by atoms with van der Waals surface area (Å²) >= 11 is 0. The highest BCUT2D eigenvalue weighted by molar-refractivity contribution is 5.47. The lowest BCUT2D eigenvalue weighted by Crippen LogP contribution is -2.47. The van der Waals surface area contributed by atoms with Gasteiger partial charge in [0.2, 0.25) is 0 Å². The lowest BCUT2D eigenvalue weighted by molar-refractivity contribution is -0.0301. The Bertz CT molecular complexity index is 519. The van der Waals surface area contributed by atoms with Crippen LogP contribution in [0.25, 0.3) is 0 Å². The summed E-state index contributed by atoms with van der Waals surface area (Å²) in [5.41, 5.74) is 1.16. The van der Waals surface area contributed by atoms with Crippen LogP contribution in [0.1, 0.15) is 18.4 Å². The van der Waals surface area contributed by atoms with Gasteiger partial charge in [-0.05, 0) is 18.9 Å². The van der Waals surface area contributed by atoms with Crippen molar-refractivity contribution in [3.05, 3.63) is 23.8 Å². The van der Waals surface area contributed by atoms with E-state index in [1.54, 1.807) is 0 Å². The maximum Gasteiger partial charge on any atom is 0.165 e. The number of rotatable bonds is 5. The maximum atomic E-state index is 5.88. The average molecular weight is 304 g/mol. The Hall–Kier alpha value is -1.30. The molecule has 1 aromatic rings. The van der Waals surface area contributed by atoms with E-state index in [0.717, 1.165) is 55.9 Å². The van der Waals surface area contributed by atoms with Gasteiger partial charge in [-0.1, -0.05) is 12.1 Å². The molecule has 0 aromatic heterocycles. The van der Waals surface area contributed by atoms with Crippen LogP contribution < -0.4 is 14.8 Å². The summed E-state index contributed by atoms with van der Waals surface area (Å²) in [5, 5.41) is 3.51. The van der Waals surface area contributed by atoms with Crippen molar-refractivity contribution in [3.8, 4) is 11.5 Å². The number of nitrogens with one attached hydrogen (secondary N) is 1. The van der Waals surface area contributed by atoms with Gasteiger partial charge in [0.15, 0.2) is 11.5 Å². The molecule has 1 unspecified atom stereocenters. The number of nitrogens with zero attached hydrogens (tertiary/aromatic N) is 1. The van der Waals surface area contributed by atoms with Gasteiger partial charge < -0.3 is 19.5 Å². The van der Waals surface area contributed by atoms with Crippen molar-refractivity contribution in [2.24, 2.45) is 0 Å². The summed E-state index contributed by atoms with van der Waals surface area (Å²) in [5.74, 6) is 1.75. The molecule has 1 saturated heterocycles. The fourth-order valence-corrected chi connectivity index (χ4v) is 3.28. The van der Waals surface area contributed by atoms with Crippen molar-refractivity contribution in [2.45, 2.75) is 31.5 Å². The molecule has 1 atom stereocenters. The van der Waals surface area contributed by atoms with Crippen molar-refractivity contribution in [2.75, 3.05) is 39.5 Å². The second kappa shape index (κ2) is 6.44. The highest BCUT2D eigenvalue weighted by Crippen LogP contribution is 2.33. The number of morpholine rings is 1. The highest BCUT2D eigenvalue weighted by atomic mass is 16.6. The predicted octanol–water partition coefficient (Wildman–Crippen LogP) is 1.41. The molecule has 2 heterocycles. The molecular formula is C17H24N2O3. The molecule has 0 radical (unpaired) electrons. The number of para-hydroxylation sites is 1. The number of fused-ring (bicyclic) bond motifs is 1. The Morgan fingerprint density at radius 2 is 2.05 bits per heavy atom. The predicted molar refractivity (Wildman–Crippen MR) is 83.5 cm³/mol. The quantitative estimate of drug-likeness (QED) is 0.891. The normalized spacial score (nSPS) is 25.2. The van der Waals surface area contributed by atoms with Crippen molar-refractivity contribution in [1.82, 2.24) is 10.2 Å². The molecule has 0 amide bonds. The first-order valence-corrected chi connectivity index (χ1v) is 8.34. The van der Waals surface area contributed by atoms with E-state index in [1.807, 2.05) is 12.1 Å². The van der Waals surface area contributed by atoms with Crippen molar-refractivity contribution in [3.63, 3.8) is 0 Å². The minimum Gasteiger partial charge on any atom is -0.486 e. The van der Waals surface area contributed by atoms with E-state index in [4.69, 9.17) is 14.2 Å². The smallest absolute Gasteiger partial charge is 0.165 e. The van der Waals surface area contributed by atoms with Gasteiger partial charge in [-0.2, -0.15) is 0 Å². The third kappa shape index (κ3) is 3.21. The lowest BCUT2D eigenvalue weighted by atomic mass is 10.1. The second-order valence-corrected chi connectivity index (χ2v) is 6.29. The summed E-state index contributed by atoms with van der Waals surface area (Å²) in [4.78, 5) is 2.58. The van der Waals surface area contributed by atoms with Crippen LogP contribution in [0.3, 0.4) is 0 Å². The van der Waals surface area contributed by atoms with E-state index in [0.29, 0.717) is 19.3 Å². The summed E-state index contributed by atoms with van der Waals surface area (Å²) in [6, 6.07) is 6.92. The van der Waals surface area contributed by atoms with Crippen LogP contribution in [-0.4, -0.2) is 56.5 Å². The molecule has 22 heavy (non-hydrogen) atoms. The summed E-state index contributed by atoms with van der Waals surface area (Å²) in [7, 11) is 0. The molecule has 2 fully saturated rings. The summed E-state index contributed by atoms with van der Waals surface area (Å²) in [6.07, 6.45) is 3.03. The van der Waals surface area contributed by atoms with Crippen LogP contribution >= 0.6 is 0 Å². The number of hydrogen-bond donors (Lipinski definition) is 1. The molecule has 5 nitrogen and oxygen atoms in total. The standard InChI is InChI=1S/C17H24N2O3/c1-2-13(17-16(3-1)21-8-9-22-17)10-18-11-15-12-19(6-7-20-15)14-4-5-14/h1-3,14-15,18H,4-12H2. The highest BCUT2D eigenvalue weighted by Gasteiger charge is 2.32. The first kappa shape index (κ1) is 14.3. The molecule has 0 spiro atoms. The van der Waals surface area contributed by atoms with Gasteiger partial charge in [-0.3, -0.25) is 4.90 Å². The van der Waals surface area contributed by atoms with E-state index in [1.165, 1.54) is 12.8 Å². The second-order valence-electron chi connectivity index (χ2n) is 6.29. The van der Waals surface area contributed by atoms with Crippen LogP contribution in [0, 0.1) is 0 Å². The molecule has 120 valence electrons. The van der Waals surface area contributed by atoms with E-state index in [-0.39, 0.29) is 0 Å². The minimum atomic E-state index is 0.297. The van der Waals surface area contributed by atoms with Crippen LogP contribution in [0.5, 0.6) is 11.5 Å². The fraction of sp³-hybridized carbons (Fsp3) is 0.647. The number of ether oxygens (including phenoxy) is 3. The van der Waals surface area contributed by atoms with Crippen LogP contribution in [0.2, 0.25) is 0 Å². The molecular weight excluding hydrogens is 280 g/mol. The lowest BCUT2D eigenvalue weighted by Gasteiger charge is -2.33. The van der Waals surface area contributed by atoms with Crippen LogP contribution in [0.4, 0.5) is 0 Å². The zero-order valence-corrected chi connectivity index (χ0v) is 12.9.